The zero-order valence-electron chi connectivity index (χ0n) is 19.5. The third kappa shape index (κ3) is 5.71. The van der Waals surface area contributed by atoms with Gasteiger partial charge in [0.25, 0.3) is 0 Å². The molecule has 4 aromatic rings. The van der Waals surface area contributed by atoms with Crippen LogP contribution in [0, 0.1) is 6.92 Å². The third-order valence-electron chi connectivity index (χ3n) is 5.86. The number of hydrogen-bond donors (Lipinski definition) is 1. The first-order valence-corrected chi connectivity index (χ1v) is 12.6. The fraction of sp³-hybridized carbons (Fsp3) is 0.385. The number of hydrogen-bond acceptors (Lipinski definition) is 5. The molecule has 33 heavy (non-hydrogen) atoms. The molecule has 0 aliphatic rings. The zero-order chi connectivity index (χ0) is 23.2. The first-order chi connectivity index (χ1) is 16.0. The van der Waals surface area contributed by atoms with Crippen LogP contribution in [0.5, 0.6) is 0 Å². The number of nitrogens with zero attached hydrogens (tertiary/aromatic N) is 4. The van der Waals surface area contributed by atoms with Gasteiger partial charge in [-0.3, -0.25) is 4.79 Å². The minimum absolute atomic E-state index is 0.134. The largest absolute Gasteiger partial charge is 0.354 e. The number of thioether (sulfide) groups is 1. The van der Waals surface area contributed by atoms with Crippen molar-refractivity contribution >= 4 is 39.7 Å². The normalized spacial score (nSPS) is 12.3. The number of nitrogens with one attached hydrogen (secondary N) is 1. The Morgan fingerprint density at radius 3 is 2.67 bits per heavy atom. The predicted molar refractivity (Wildman–Crippen MR) is 136 cm³/mol. The first-order valence-electron chi connectivity index (χ1n) is 11.6. The number of carbonyl (C=O) groups is 1. The van der Waals surface area contributed by atoms with E-state index in [9.17, 15) is 4.79 Å². The highest BCUT2D eigenvalue weighted by Gasteiger charge is 2.15. The number of carbonyl (C=O) groups excluding carboxylic acids is 1. The van der Waals surface area contributed by atoms with Crippen LogP contribution in [0.15, 0.2) is 53.7 Å². The summed E-state index contributed by atoms with van der Waals surface area (Å²) < 4.78 is 2.23. The molecule has 0 fully saturated rings. The van der Waals surface area contributed by atoms with Crippen LogP contribution in [-0.2, 0) is 11.3 Å². The molecule has 172 valence electrons. The van der Waals surface area contributed by atoms with Crippen LogP contribution in [0.25, 0.3) is 22.1 Å². The number of rotatable bonds is 10. The molecule has 0 saturated carbocycles. The summed E-state index contributed by atoms with van der Waals surface area (Å²) in [6, 6.07) is 17.1. The SMILES string of the molecule is CCC(C)NC(=O)CCCCSc1nnc2c3ccccc3n(Cc3ccc(C)cc3)c2n1. The average Bonchev–Trinajstić information content (AvgIpc) is 3.13. The van der Waals surface area contributed by atoms with E-state index < -0.39 is 0 Å². The monoisotopic (exact) mass is 461 g/mol. The maximum Gasteiger partial charge on any atom is 0.220 e. The molecule has 0 aliphatic carbocycles. The summed E-state index contributed by atoms with van der Waals surface area (Å²) >= 11 is 1.60. The highest BCUT2D eigenvalue weighted by Crippen LogP contribution is 2.28. The van der Waals surface area contributed by atoms with E-state index in [1.165, 1.54) is 11.1 Å². The Labute approximate surface area is 199 Å². The number of para-hydroxylation sites is 1. The zero-order valence-corrected chi connectivity index (χ0v) is 20.4. The van der Waals surface area contributed by atoms with Gasteiger partial charge in [0.05, 0.1) is 5.52 Å². The number of fused-ring (bicyclic) bond motifs is 3. The summed E-state index contributed by atoms with van der Waals surface area (Å²) in [5.74, 6) is 0.997. The predicted octanol–water partition coefficient (Wildman–Crippen LogP) is 5.51. The number of benzene rings is 2. The van der Waals surface area contributed by atoms with Crippen LogP contribution < -0.4 is 5.32 Å². The lowest BCUT2D eigenvalue weighted by Crippen LogP contribution is -2.31. The van der Waals surface area contributed by atoms with Crippen molar-refractivity contribution in [3.63, 3.8) is 0 Å². The van der Waals surface area contributed by atoms with Crippen molar-refractivity contribution in [1.82, 2.24) is 25.1 Å². The number of unbranched alkanes of at least 4 members (excludes halogenated alkanes) is 1. The minimum Gasteiger partial charge on any atom is -0.354 e. The van der Waals surface area contributed by atoms with Gasteiger partial charge in [0.15, 0.2) is 5.65 Å². The summed E-state index contributed by atoms with van der Waals surface area (Å²) in [6.07, 6.45) is 3.31. The van der Waals surface area contributed by atoms with E-state index >= 15 is 0 Å². The molecule has 4 rings (SSSR count). The van der Waals surface area contributed by atoms with Gasteiger partial charge in [-0.25, -0.2) is 4.98 Å². The number of aryl methyl sites for hydroxylation is 1. The lowest BCUT2D eigenvalue weighted by atomic mass is 10.1. The molecular formula is C26H31N5OS. The van der Waals surface area contributed by atoms with Gasteiger partial charge in [-0.05, 0) is 44.7 Å². The summed E-state index contributed by atoms with van der Waals surface area (Å²) in [6.45, 7) is 6.94. The van der Waals surface area contributed by atoms with E-state index in [-0.39, 0.29) is 11.9 Å². The summed E-state index contributed by atoms with van der Waals surface area (Å²) in [4.78, 5) is 16.8. The molecule has 2 heterocycles. The standard InChI is InChI=1S/C26H31N5OS/c1-4-19(3)27-23(32)11-7-8-16-33-26-28-25-24(29-30-26)21-9-5-6-10-22(21)31(25)17-20-14-12-18(2)13-15-20/h5-6,9-10,12-15,19H,4,7-8,11,16-17H2,1-3H3,(H,27,32). The maximum atomic E-state index is 11.9. The molecule has 0 spiro atoms. The molecule has 1 unspecified atom stereocenters. The van der Waals surface area contributed by atoms with Gasteiger partial charge in [-0.2, -0.15) is 0 Å². The molecule has 7 heteroatoms. The molecule has 1 N–H and O–H groups in total. The third-order valence-corrected chi connectivity index (χ3v) is 6.79. The minimum atomic E-state index is 0.134. The van der Waals surface area contributed by atoms with Crippen LogP contribution in [0.3, 0.4) is 0 Å². The van der Waals surface area contributed by atoms with Crippen molar-refractivity contribution < 1.29 is 4.79 Å². The van der Waals surface area contributed by atoms with Crippen molar-refractivity contribution in [2.24, 2.45) is 0 Å². The van der Waals surface area contributed by atoms with Crippen LogP contribution >= 0.6 is 11.8 Å². The van der Waals surface area contributed by atoms with Gasteiger partial charge >= 0.3 is 0 Å². The average molecular weight is 462 g/mol. The maximum absolute atomic E-state index is 11.9. The van der Waals surface area contributed by atoms with E-state index in [1.807, 2.05) is 19.1 Å². The fourth-order valence-electron chi connectivity index (χ4n) is 3.79. The van der Waals surface area contributed by atoms with Crippen LogP contribution in [-0.4, -0.2) is 37.5 Å². The van der Waals surface area contributed by atoms with Crippen LogP contribution in [0.1, 0.15) is 50.7 Å². The van der Waals surface area contributed by atoms with Gasteiger partial charge in [-0.1, -0.05) is 66.7 Å². The summed E-state index contributed by atoms with van der Waals surface area (Å²) in [5.41, 5.74) is 5.29. The highest BCUT2D eigenvalue weighted by atomic mass is 32.2. The second-order valence-electron chi connectivity index (χ2n) is 8.54. The van der Waals surface area contributed by atoms with E-state index in [1.54, 1.807) is 11.8 Å². The van der Waals surface area contributed by atoms with Crippen molar-refractivity contribution in [1.29, 1.82) is 0 Å². The van der Waals surface area contributed by atoms with Gasteiger partial charge < -0.3 is 9.88 Å². The van der Waals surface area contributed by atoms with E-state index in [0.29, 0.717) is 11.6 Å². The van der Waals surface area contributed by atoms with Crippen molar-refractivity contribution in [3.05, 3.63) is 59.7 Å². The Kier molecular flexibility index (Phi) is 7.60. The van der Waals surface area contributed by atoms with Crippen LogP contribution in [0.4, 0.5) is 0 Å². The number of amides is 1. The molecule has 1 amide bonds. The van der Waals surface area contributed by atoms with Crippen molar-refractivity contribution in [2.45, 2.75) is 64.2 Å². The topological polar surface area (TPSA) is 72.7 Å². The summed E-state index contributed by atoms with van der Waals surface area (Å²) in [5, 5.41) is 13.7. The Hall–Kier alpha value is -2.93. The molecular weight excluding hydrogens is 430 g/mol. The Balaban J connectivity index is 1.47. The lowest BCUT2D eigenvalue weighted by molar-refractivity contribution is -0.121. The highest BCUT2D eigenvalue weighted by molar-refractivity contribution is 7.99. The van der Waals surface area contributed by atoms with E-state index in [2.05, 4.69) is 70.3 Å². The number of aromatic nitrogens is 4. The second-order valence-corrected chi connectivity index (χ2v) is 9.60. The fourth-order valence-corrected chi connectivity index (χ4v) is 4.57. The molecule has 0 saturated heterocycles. The van der Waals surface area contributed by atoms with Gasteiger partial charge in [0.2, 0.25) is 11.1 Å². The first kappa shape index (κ1) is 23.2. The quantitative estimate of drug-likeness (QED) is 0.249. The van der Waals surface area contributed by atoms with Gasteiger partial charge in [-0.15, -0.1) is 10.2 Å². The van der Waals surface area contributed by atoms with Crippen LogP contribution in [0.2, 0.25) is 0 Å². The van der Waals surface area contributed by atoms with Crippen molar-refractivity contribution in [2.75, 3.05) is 5.75 Å². The smallest absolute Gasteiger partial charge is 0.220 e. The molecule has 0 bridgehead atoms. The Bertz CT molecular complexity index is 1230. The van der Waals surface area contributed by atoms with E-state index in [4.69, 9.17) is 4.98 Å². The molecule has 6 nitrogen and oxygen atoms in total. The molecule has 1 atom stereocenters. The lowest BCUT2D eigenvalue weighted by Gasteiger charge is -2.10. The molecule has 0 radical (unpaired) electrons. The molecule has 2 aromatic carbocycles. The summed E-state index contributed by atoms with van der Waals surface area (Å²) in [7, 11) is 0. The molecule has 0 aliphatic heterocycles. The Morgan fingerprint density at radius 2 is 1.88 bits per heavy atom. The van der Waals surface area contributed by atoms with E-state index in [0.717, 1.165) is 53.6 Å². The van der Waals surface area contributed by atoms with Gasteiger partial charge in [0, 0.05) is 30.1 Å². The van der Waals surface area contributed by atoms with Gasteiger partial charge in [0.1, 0.15) is 5.52 Å². The Morgan fingerprint density at radius 1 is 1.09 bits per heavy atom. The molecule has 2 aromatic heterocycles. The second kappa shape index (κ2) is 10.8. The van der Waals surface area contributed by atoms with Crippen molar-refractivity contribution in [3.8, 4) is 0 Å².